The fraction of sp³-hybridized carbons (Fsp3) is 0.500. The maximum Gasteiger partial charge on any atom is 0.0777 e. The number of nitrogens with one attached hydrogen (secondary N) is 1. The Hall–Kier alpha value is -0.350. The van der Waals surface area contributed by atoms with Gasteiger partial charge in [-0.1, -0.05) is 29.7 Å². The Morgan fingerprint density at radius 2 is 2.25 bits per heavy atom. The van der Waals surface area contributed by atoms with Crippen LogP contribution in [0.1, 0.15) is 43.0 Å². The van der Waals surface area contributed by atoms with E-state index in [-0.39, 0.29) is 6.04 Å². The molecule has 1 aliphatic rings. The summed E-state index contributed by atoms with van der Waals surface area (Å²) in [6.07, 6.45) is 8.48. The average molecular weight is 257 g/mol. The van der Waals surface area contributed by atoms with E-state index in [4.69, 9.17) is 17.4 Å². The van der Waals surface area contributed by atoms with Crippen molar-refractivity contribution in [3.63, 3.8) is 0 Å². The van der Waals surface area contributed by atoms with Crippen molar-refractivity contribution < 1.29 is 0 Å². The second-order valence-corrected chi connectivity index (χ2v) is 5.47. The molecule has 0 saturated heterocycles. The molecular formula is C12H17ClN2S. The number of halogens is 1. The summed E-state index contributed by atoms with van der Waals surface area (Å²) in [6.45, 7) is 0. The number of rotatable bonds is 3. The van der Waals surface area contributed by atoms with Crippen LogP contribution in [-0.4, -0.2) is 0 Å². The summed E-state index contributed by atoms with van der Waals surface area (Å²) < 4.78 is 0. The molecule has 3 N–H and O–H groups in total. The van der Waals surface area contributed by atoms with Crippen LogP contribution in [0.2, 0.25) is 5.02 Å². The summed E-state index contributed by atoms with van der Waals surface area (Å²) in [7, 11) is 0. The van der Waals surface area contributed by atoms with E-state index in [2.05, 4.69) is 11.5 Å². The third-order valence-electron chi connectivity index (χ3n) is 3.02. The van der Waals surface area contributed by atoms with Crippen molar-refractivity contribution in [3.05, 3.63) is 33.0 Å². The van der Waals surface area contributed by atoms with Crippen molar-refractivity contribution in [2.75, 3.05) is 0 Å². The fourth-order valence-electron chi connectivity index (χ4n) is 2.16. The van der Waals surface area contributed by atoms with Gasteiger partial charge in [-0.3, -0.25) is 5.84 Å². The van der Waals surface area contributed by atoms with Gasteiger partial charge in [0, 0.05) is 4.88 Å². The average Bonchev–Trinajstić information content (AvgIpc) is 2.57. The highest BCUT2D eigenvalue weighted by atomic mass is 35.5. The summed E-state index contributed by atoms with van der Waals surface area (Å²) in [5, 5.41) is 2.83. The largest absolute Gasteiger partial charge is 0.271 e. The van der Waals surface area contributed by atoms with Crippen LogP contribution in [0.25, 0.3) is 0 Å². The van der Waals surface area contributed by atoms with Gasteiger partial charge in [-0.25, -0.2) is 5.43 Å². The van der Waals surface area contributed by atoms with Gasteiger partial charge in [0.2, 0.25) is 0 Å². The van der Waals surface area contributed by atoms with Crippen molar-refractivity contribution in [2.45, 2.75) is 38.1 Å². The number of hydrogen-bond acceptors (Lipinski definition) is 3. The van der Waals surface area contributed by atoms with Gasteiger partial charge in [0.05, 0.1) is 11.1 Å². The molecular weight excluding hydrogens is 240 g/mol. The standard InChI is InChI=1S/C12H17ClN2S/c13-10-7-8-16-12(10)11(15-14)9-5-3-1-2-4-6-9/h5,7-8,11,15H,1-4,6,14H2. The molecule has 1 aromatic rings. The summed E-state index contributed by atoms with van der Waals surface area (Å²) in [5.74, 6) is 5.67. The molecule has 0 aromatic carbocycles. The molecule has 0 spiro atoms. The van der Waals surface area contributed by atoms with Gasteiger partial charge in [-0.2, -0.15) is 0 Å². The van der Waals surface area contributed by atoms with E-state index in [9.17, 15) is 0 Å². The Morgan fingerprint density at radius 3 is 2.94 bits per heavy atom. The Morgan fingerprint density at radius 1 is 1.38 bits per heavy atom. The summed E-state index contributed by atoms with van der Waals surface area (Å²) >= 11 is 7.83. The molecule has 2 nitrogen and oxygen atoms in total. The van der Waals surface area contributed by atoms with Crippen LogP contribution >= 0.6 is 22.9 Å². The van der Waals surface area contributed by atoms with Crippen LogP contribution in [0.15, 0.2) is 23.1 Å². The van der Waals surface area contributed by atoms with Crippen molar-refractivity contribution >= 4 is 22.9 Å². The van der Waals surface area contributed by atoms with Gasteiger partial charge < -0.3 is 0 Å². The molecule has 88 valence electrons. The lowest BCUT2D eigenvalue weighted by molar-refractivity contribution is 0.600. The van der Waals surface area contributed by atoms with Crippen molar-refractivity contribution in [3.8, 4) is 0 Å². The van der Waals surface area contributed by atoms with Gasteiger partial charge in [-0.15, -0.1) is 11.3 Å². The lowest BCUT2D eigenvalue weighted by Gasteiger charge is -2.18. The Labute approximate surface area is 105 Å². The number of allylic oxidation sites excluding steroid dienone is 1. The van der Waals surface area contributed by atoms with Gasteiger partial charge in [0.1, 0.15) is 0 Å². The highest BCUT2D eigenvalue weighted by Crippen LogP contribution is 2.35. The molecule has 0 aliphatic heterocycles. The van der Waals surface area contributed by atoms with E-state index in [1.54, 1.807) is 11.3 Å². The topological polar surface area (TPSA) is 38.0 Å². The van der Waals surface area contributed by atoms with E-state index < -0.39 is 0 Å². The minimum atomic E-state index is 0.102. The third-order valence-corrected chi connectivity index (χ3v) is 4.44. The first-order valence-corrected chi connectivity index (χ1v) is 6.96. The molecule has 0 bridgehead atoms. The summed E-state index contributed by atoms with van der Waals surface area (Å²) in [6, 6.07) is 2.04. The first-order valence-electron chi connectivity index (χ1n) is 5.71. The number of nitrogens with two attached hydrogens (primary N) is 1. The minimum absolute atomic E-state index is 0.102. The quantitative estimate of drug-likeness (QED) is 0.491. The predicted molar refractivity (Wildman–Crippen MR) is 70.6 cm³/mol. The molecule has 0 amide bonds. The van der Waals surface area contributed by atoms with Crippen LogP contribution in [0, 0.1) is 0 Å². The molecule has 2 rings (SSSR count). The lowest BCUT2D eigenvalue weighted by Crippen LogP contribution is -2.29. The van der Waals surface area contributed by atoms with Gasteiger partial charge in [0.25, 0.3) is 0 Å². The van der Waals surface area contributed by atoms with Crippen LogP contribution in [0.4, 0.5) is 0 Å². The summed E-state index contributed by atoms with van der Waals surface area (Å²) in [4.78, 5) is 1.14. The van der Waals surface area contributed by atoms with E-state index in [1.807, 2.05) is 11.4 Å². The Kier molecular flexibility index (Phi) is 4.41. The summed E-state index contributed by atoms with van der Waals surface area (Å²) in [5.41, 5.74) is 4.29. The number of hydrogen-bond donors (Lipinski definition) is 2. The molecule has 1 atom stereocenters. The maximum atomic E-state index is 6.16. The second kappa shape index (κ2) is 5.82. The van der Waals surface area contributed by atoms with E-state index in [1.165, 1.54) is 24.8 Å². The monoisotopic (exact) mass is 256 g/mol. The minimum Gasteiger partial charge on any atom is -0.271 e. The number of thiophene rings is 1. The third kappa shape index (κ3) is 2.66. The van der Waals surface area contributed by atoms with Crippen molar-refractivity contribution in [2.24, 2.45) is 5.84 Å². The van der Waals surface area contributed by atoms with Crippen LogP contribution in [0.3, 0.4) is 0 Å². The molecule has 4 heteroatoms. The molecule has 0 fully saturated rings. The van der Waals surface area contributed by atoms with Crippen molar-refractivity contribution in [1.82, 2.24) is 5.43 Å². The highest BCUT2D eigenvalue weighted by molar-refractivity contribution is 7.10. The second-order valence-electron chi connectivity index (χ2n) is 4.11. The highest BCUT2D eigenvalue weighted by Gasteiger charge is 2.19. The zero-order valence-electron chi connectivity index (χ0n) is 9.21. The zero-order valence-corrected chi connectivity index (χ0v) is 10.8. The van der Waals surface area contributed by atoms with E-state index in [0.29, 0.717) is 0 Å². The fourth-order valence-corrected chi connectivity index (χ4v) is 3.43. The van der Waals surface area contributed by atoms with Crippen LogP contribution < -0.4 is 11.3 Å². The Balaban J connectivity index is 2.21. The SMILES string of the molecule is NNC(C1=CCCCCC1)c1sccc1Cl. The zero-order chi connectivity index (χ0) is 11.4. The van der Waals surface area contributed by atoms with E-state index >= 15 is 0 Å². The molecule has 0 radical (unpaired) electrons. The molecule has 1 heterocycles. The van der Waals surface area contributed by atoms with Gasteiger partial charge in [0.15, 0.2) is 0 Å². The smallest absolute Gasteiger partial charge is 0.0777 e. The lowest BCUT2D eigenvalue weighted by atomic mass is 10.0. The molecule has 0 saturated carbocycles. The van der Waals surface area contributed by atoms with Gasteiger partial charge >= 0.3 is 0 Å². The van der Waals surface area contributed by atoms with Gasteiger partial charge in [-0.05, 0) is 37.1 Å². The van der Waals surface area contributed by atoms with Crippen LogP contribution in [-0.2, 0) is 0 Å². The van der Waals surface area contributed by atoms with Crippen molar-refractivity contribution in [1.29, 1.82) is 0 Å². The molecule has 1 aliphatic carbocycles. The first kappa shape index (κ1) is 12.1. The first-order chi connectivity index (χ1) is 7.83. The molecule has 1 aromatic heterocycles. The maximum absolute atomic E-state index is 6.16. The van der Waals surface area contributed by atoms with Crippen LogP contribution in [0.5, 0.6) is 0 Å². The molecule has 1 unspecified atom stereocenters. The Bertz CT molecular complexity index is 373. The van der Waals surface area contributed by atoms with E-state index in [0.717, 1.165) is 22.7 Å². The normalized spacial score (nSPS) is 19.0. The number of hydrazine groups is 1. The molecule has 16 heavy (non-hydrogen) atoms. The predicted octanol–water partition coefficient (Wildman–Crippen LogP) is 3.80.